The van der Waals surface area contributed by atoms with Crippen molar-refractivity contribution >= 4 is 11.0 Å². The van der Waals surface area contributed by atoms with E-state index < -0.39 is 0 Å². The Kier molecular flexibility index (Phi) is 4.65. The van der Waals surface area contributed by atoms with E-state index in [9.17, 15) is 10.1 Å². The quantitative estimate of drug-likeness (QED) is 0.525. The zero-order valence-electron chi connectivity index (χ0n) is 16.5. The maximum Gasteiger partial charge on any atom is 0.253 e. The van der Waals surface area contributed by atoms with Gasteiger partial charge in [0.15, 0.2) is 5.75 Å². The molecule has 2 aromatic carbocycles. The third-order valence-electron chi connectivity index (χ3n) is 4.93. The van der Waals surface area contributed by atoms with Gasteiger partial charge in [0.25, 0.3) is 5.56 Å². The fraction of sp³-hybridized carbons (Fsp3) is 0.174. The summed E-state index contributed by atoms with van der Waals surface area (Å²) < 4.78 is 9.72. The molecule has 0 fully saturated rings. The van der Waals surface area contributed by atoms with Crippen molar-refractivity contribution < 1.29 is 4.74 Å². The number of imidazole rings is 1. The van der Waals surface area contributed by atoms with Gasteiger partial charge in [0.1, 0.15) is 23.6 Å². The lowest BCUT2D eigenvalue weighted by Gasteiger charge is -2.14. The number of pyridine rings is 1. The Morgan fingerprint density at radius 2 is 1.90 bits per heavy atom. The number of fused-ring (bicyclic) bond motifs is 1. The molecule has 0 saturated heterocycles. The molecule has 0 amide bonds. The average molecular weight is 384 g/mol. The number of rotatable bonds is 4. The van der Waals surface area contributed by atoms with E-state index in [1.807, 2.05) is 60.0 Å². The Labute approximate surface area is 168 Å². The van der Waals surface area contributed by atoms with Crippen molar-refractivity contribution in [2.75, 3.05) is 0 Å². The highest BCUT2D eigenvalue weighted by Gasteiger charge is 2.19. The maximum absolute atomic E-state index is 12.1. The van der Waals surface area contributed by atoms with Crippen LogP contribution < -0.4 is 10.3 Å². The summed E-state index contributed by atoms with van der Waals surface area (Å²) in [7, 11) is 1.74. The molecule has 0 aliphatic carbocycles. The highest BCUT2D eigenvalue weighted by atomic mass is 16.5. The highest BCUT2D eigenvalue weighted by Crippen LogP contribution is 2.39. The van der Waals surface area contributed by atoms with Crippen LogP contribution in [-0.2, 0) is 13.6 Å². The summed E-state index contributed by atoms with van der Waals surface area (Å²) in [6.07, 6.45) is 1.80. The molecule has 0 saturated carbocycles. The minimum atomic E-state index is -0.0329. The molecule has 0 N–H and O–H groups in total. The first-order valence-corrected chi connectivity index (χ1v) is 9.27. The summed E-state index contributed by atoms with van der Waals surface area (Å²) in [5.41, 5.74) is 3.84. The lowest BCUT2D eigenvalue weighted by Crippen LogP contribution is -2.18. The summed E-state index contributed by atoms with van der Waals surface area (Å²) in [5.74, 6) is 2.04. The Morgan fingerprint density at radius 1 is 1.14 bits per heavy atom. The molecule has 2 heterocycles. The lowest BCUT2D eigenvalue weighted by atomic mass is 10.0. The fourth-order valence-corrected chi connectivity index (χ4v) is 3.52. The van der Waals surface area contributed by atoms with Gasteiger partial charge < -0.3 is 13.9 Å². The number of nitrogens with zero attached hydrogens (tertiary/aromatic N) is 4. The third-order valence-corrected chi connectivity index (χ3v) is 4.93. The SMILES string of the molecule is Cc1cc(-c2ccc3c(nc(C)n3CC#N)c2Oc2ccccc2)cn(C)c1=O. The van der Waals surface area contributed by atoms with Gasteiger partial charge in [0.05, 0.1) is 11.6 Å². The summed E-state index contributed by atoms with van der Waals surface area (Å²) in [6.45, 7) is 3.89. The average Bonchev–Trinajstić information content (AvgIpc) is 3.03. The first kappa shape index (κ1) is 18.5. The van der Waals surface area contributed by atoms with E-state index in [-0.39, 0.29) is 12.1 Å². The summed E-state index contributed by atoms with van der Waals surface area (Å²) in [5, 5.41) is 9.18. The highest BCUT2D eigenvalue weighted by molar-refractivity contribution is 5.91. The number of ether oxygens (including phenoxy) is 1. The molecule has 29 heavy (non-hydrogen) atoms. The van der Waals surface area contributed by atoms with E-state index in [1.165, 1.54) is 0 Å². The summed E-state index contributed by atoms with van der Waals surface area (Å²) in [4.78, 5) is 16.8. The minimum Gasteiger partial charge on any atom is -0.454 e. The van der Waals surface area contributed by atoms with Crippen molar-refractivity contribution in [3.8, 4) is 28.7 Å². The minimum absolute atomic E-state index is 0.0329. The number of aromatic nitrogens is 3. The van der Waals surface area contributed by atoms with Gasteiger partial charge in [-0.1, -0.05) is 18.2 Å². The molecule has 0 bridgehead atoms. The van der Waals surface area contributed by atoms with Gasteiger partial charge in [-0.15, -0.1) is 0 Å². The molecule has 4 rings (SSSR count). The Hall–Kier alpha value is -3.85. The first-order valence-electron chi connectivity index (χ1n) is 9.27. The van der Waals surface area contributed by atoms with Crippen molar-refractivity contribution in [2.45, 2.75) is 20.4 Å². The number of hydrogen-bond donors (Lipinski definition) is 0. The van der Waals surface area contributed by atoms with Gasteiger partial charge in [-0.25, -0.2) is 4.98 Å². The second-order valence-corrected chi connectivity index (χ2v) is 6.96. The van der Waals surface area contributed by atoms with Crippen LogP contribution in [0.4, 0.5) is 0 Å². The molecule has 4 aromatic rings. The molecular weight excluding hydrogens is 364 g/mol. The van der Waals surface area contributed by atoms with Gasteiger partial charge in [-0.05, 0) is 44.2 Å². The fourth-order valence-electron chi connectivity index (χ4n) is 3.52. The summed E-state index contributed by atoms with van der Waals surface area (Å²) >= 11 is 0. The topological polar surface area (TPSA) is 72.8 Å². The van der Waals surface area contributed by atoms with Crippen LogP contribution in [0.5, 0.6) is 11.5 Å². The Bertz CT molecular complexity index is 1280. The molecule has 144 valence electrons. The molecule has 6 nitrogen and oxygen atoms in total. The van der Waals surface area contributed by atoms with E-state index in [0.717, 1.165) is 22.5 Å². The van der Waals surface area contributed by atoms with Crippen LogP contribution in [0.1, 0.15) is 11.4 Å². The number of benzene rings is 2. The van der Waals surface area contributed by atoms with Crippen molar-refractivity contribution in [3.05, 3.63) is 76.5 Å². The second kappa shape index (κ2) is 7.28. The molecule has 0 radical (unpaired) electrons. The van der Waals surface area contributed by atoms with Crippen molar-refractivity contribution in [2.24, 2.45) is 7.05 Å². The zero-order chi connectivity index (χ0) is 20.5. The van der Waals surface area contributed by atoms with E-state index >= 15 is 0 Å². The number of para-hydroxylation sites is 1. The predicted octanol–water partition coefficient (Wildman–Crippen LogP) is 4.33. The molecule has 0 aliphatic rings. The van der Waals surface area contributed by atoms with Gasteiger partial charge in [-0.3, -0.25) is 4.79 Å². The number of nitriles is 1. The molecule has 0 aliphatic heterocycles. The summed E-state index contributed by atoms with van der Waals surface area (Å²) in [6, 6.07) is 17.5. The monoisotopic (exact) mass is 384 g/mol. The Balaban J connectivity index is 2.00. The number of aryl methyl sites for hydroxylation is 3. The first-order chi connectivity index (χ1) is 14.0. The zero-order valence-corrected chi connectivity index (χ0v) is 16.5. The van der Waals surface area contributed by atoms with Gasteiger partial charge in [-0.2, -0.15) is 5.26 Å². The lowest BCUT2D eigenvalue weighted by molar-refractivity contribution is 0.489. The predicted molar refractivity (Wildman–Crippen MR) is 112 cm³/mol. The van der Waals surface area contributed by atoms with E-state index in [4.69, 9.17) is 9.72 Å². The van der Waals surface area contributed by atoms with Crippen molar-refractivity contribution in [1.29, 1.82) is 5.26 Å². The molecule has 2 aromatic heterocycles. The molecule has 0 atom stereocenters. The molecular formula is C23H20N4O2. The van der Waals surface area contributed by atoms with Crippen LogP contribution in [0.15, 0.2) is 59.5 Å². The Morgan fingerprint density at radius 3 is 2.59 bits per heavy atom. The van der Waals surface area contributed by atoms with Crippen LogP contribution in [0, 0.1) is 25.2 Å². The van der Waals surface area contributed by atoms with Crippen LogP contribution >= 0.6 is 0 Å². The van der Waals surface area contributed by atoms with Crippen molar-refractivity contribution in [3.63, 3.8) is 0 Å². The van der Waals surface area contributed by atoms with E-state index in [2.05, 4.69) is 6.07 Å². The standard InChI is InChI=1S/C23H20N4O2/c1-15-13-17(14-26(3)23(15)28)19-9-10-20-21(25-16(2)27(20)12-11-24)22(19)29-18-7-5-4-6-8-18/h4-10,13-14H,12H2,1-3H3. The molecule has 6 heteroatoms. The molecule has 0 spiro atoms. The van der Waals surface area contributed by atoms with Gasteiger partial charge in [0.2, 0.25) is 0 Å². The van der Waals surface area contributed by atoms with Crippen molar-refractivity contribution in [1.82, 2.24) is 14.1 Å². The normalized spacial score (nSPS) is 10.8. The van der Waals surface area contributed by atoms with Crippen LogP contribution in [-0.4, -0.2) is 14.1 Å². The smallest absolute Gasteiger partial charge is 0.253 e. The second-order valence-electron chi connectivity index (χ2n) is 6.96. The third kappa shape index (κ3) is 3.27. The van der Waals surface area contributed by atoms with Crippen LogP contribution in [0.25, 0.3) is 22.2 Å². The van der Waals surface area contributed by atoms with E-state index in [0.29, 0.717) is 22.6 Å². The number of hydrogen-bond acceptors (Lipinski definition) is 4. The largest absolute Gasteiger partial charge is 0.454 e. The van der Waals surface area contributed by atoms with Crippen LogP contribution in [0.3, 0.4) is 0 Å². The van der Waals surface area contributed by atoms with Crippen LogP contribution in [0.2, 0.25) is 0 Å². The van der Waals surface area contributed by atoms with E-state index in [1.54, 1.807) is 24.7 Å². The van der Waals surface area contributed by atoms with Gasteiger partial charge in [0, 0.05) is 29.9 Å². The molecule has 0 unspecified atom stereocenters. The maximum atomic E-state index is 12.1. The van der Waals surface area contributed by atoms with Gasteiger partial charge >= 0.3 is 0 Å².